The number of benzene rings is 2. The van der Waals surface area contributed by atoms with Gasteiger partial charge in [0.25, 0.3) is 0 Å². The van der Waals surface area contributed by atoms with Crippen molar-refractivity contribution in [2.45, 2.75) is 39.5 Å². The molecule has 0 unspecified atom stereocenters. The summed E-state index contributed by atoms with van der Waals surface area (Å²) in [6.45, 7) is 4.16. The Labute approximate surface area is 149 Å². The van der Waals surface area contributed by atoms with E-state index in [0.717, 1.165) is 12.0 Å². The highest BCUT2D eigenvalue weighted by Crippen LogP contribution is 2.11. The van der Waals surface area contributed by atoms with Gasteiger partial charge in [0, 0.05) is 12.8 Å². The lowest BCUT2D eigenvalue weighted by Crippen LogP contribution is -2.02. The molecule has 0 fully saturated rings. The largest absolute Gasteiger partial charge is 0.481 e. The third kappa shape index (κ3) is 8.70. The Bertz CT molecular complexity index is 678. The van der Waals surface area contributed by atoms with E-state index >= 15 is 0 Å². The first kappa shape index (κ1) is 20.4. The molecule has 2 aromatic rings. The molecule has 0 heterocycles. The predicted octanol–water partition coefficient (Wildman–Crippen LogP) is 4.11. The first-order valence-electron chi connectivity index (χ1n) is 8.31. The van der Waals surface area contributed by atoms with Crippen molar-refractivity contribution in [3.05, 3.63) is 70.8 Å². The molecule has 1 N–H and O–H groups in total. The monoisotopic (exact) mass is 342 g/mol. The molecule has 4 nitrogen and oxygen atoms in total. The van der Waals surface area contributed by atoms with E-state index < -0.39 is 5.97 Å². The van der Waals surface area contributed by atoms with Gasteiger partial charge in [0.05, 0.1) is 7.11 Å². The Morgan fingerprint density at radius 3 is 2.08 bits per heavy atom. The number of carbonyl (C=O) groups is 2. The minimum atomic E-state index is -0.742. The van der Waals surface area contributed by atoms with Gasteiger partial charge in [0.2, 0.25) is 0 Å². The first-order chi connectivity index (χ1) is 11.9. The summed E-state index contributed by atoms with van der Waals surface area (Å²) < 4.78 is 4.59. The molecule has 0 saturated heterocycles. The van der Waals surface area contributed by atoms with Gasteiger partial charge in [0.1, 0.15) is 0 Å². The summed E-state index contributed by atoms with van der Waals surface area (Å²) in [5, 5.41) is 8.37. The van der Waals surface area contributed by atoms with Crippen LogP contribution in [0.15, 0.2) is 48.5 Å². The van der Waals surface area contributed by atoms with Crippen molar-refractivity contribution in [1.82, 2.24) is 0 Å². The van der Waals surface area contributed by atoms with Crippen LogP contribution in [0.3, 0.4) is 0 Å². The fourth-order valence-corrected chi connectivity index (χ4v) is 2.20. The summed E-state index contributed by atoms with van der Waals surface area (Å²) in [5.41, 5.74) is 4.83. The van der Waals surface area contributed by atoms with Gasteiger partial charge >= 0.3 is 11.9 Å². The number of hydrogen-bond donors (Lipinski definition) is 1. The fraction of sp³-hybridized carbons (Fsp3) is 0.333. The minimum Gasteiger partial charge on any atom is -0.481 e. The Balaban J connectivity index is 0.000000257. The smallest absolute Gasteiger partial charge is 0.305 e. The number of methoxy groups -OCH3 is 1. The normalized spacial score (nSPS) is 9.72. The van der Waals surface area contributed by atoms with Crippen LogP contribution in [0.2, 0.25) is 0 Å². The van der Waals surface area contributed by atoms with Gasteiger partial charge in [-0.05, 0) is 48.9 Å². The number of esters is 1. The molecule has 0 atom stereocenters. The maximum Gasteiger partial charge on any atom is 0.305 e. The summed E-state index contributed by atoms with van der Waals surface area (Å²) in [6.07, 6.45) is 2.05. The molecule has 0 saturated carbocycles. The van der Waals surface area contributed by atoms with Gasteiger partial charge in [0.15, 0.2) is 0 Å². The summed E-state index contributed by atoms with van der Waals surface area (Å²) in [6, 6.07) is 15.9. The third-order valence-electron chi connectivity index (χ3n) is 3.89. The lowest BCUT2D eigenvalue weighted by molar-refractivity contribution is -0.140. The van der Waals surface area contributed by atoms with Crippen LogP contribution in [0.25, 0.3) is 0 Å². The molecule has 0 bridgehead atoms. The average Bonchev–Trinajstić information content (AvgIpc) is 2.62. The molecule has 0 aromatic heterocycles. The number of aliphatic carboxylic acids is 1. The second-order valence-electron chi connectivity index (χ2n) is 5.87. The van der Waals surface area contributed by atoms with Crippen LogP contribution in [0.1, 0.15) is 35.1 Å². The van der Waals surface area contributed by atoms with Crippen molar-refractivity contribution in [3.63, 3.8) is 0 Å². The second-order valence-corrected chi connectivity index (χ2v) is 5.87. The first-order valence-corrected chi connectivity index (χ1v) is 8.31. The Kier molecular flexibility index (Phi) is 9.01. The molecule has 4 heteroatoms. The van der Waals surface area contributed by atoms with Crippen LogP contribution in [0, 0.1) is 13.8 Å². The van der Waals surface area contributed by atoms with Gasteiger partial charge in [-0.2, -0.15) is 0 Å². The van der Waals surface area contributed by atoms with Crippen LogP contribution in [0.4, 0.5) is 0 Å². The van der Waals surface area contributed by atoms with Crippen molar-refractivity contribution in [3.8, 4) is 0 Å². The maximum atomic E-state index is 10.9. The number of hydrogen-bond acceptors (Lipinski definition) is 3. The highest BCUT2D eigenvalue weighted by Gasteiger charge is 2.02. The zero-order valence-electron chi connectivity index (χ0n) is 15.1. The van der Waals surface area contributed by atoms with Crippen LogP contribution < -0.4 is 0 Å². The molecule has 0 aliphatic rings. The van der Waals surface area contributed by atoms with Crippen LogP contribution in [-0.4, -0.2) is 24.2 Å². The predicted molar refractivity (Wildman–Crippen MR) is 98.7 cm³/mol. The van der Waals surface area contributed by atoms with Crippen molar-refractivity contribution in [1.29, 1.82) is 0 Å². The summed E-state index contributed by atoms with van der Waals surface area (Å²) in [7, 11) is 1.42. The maximum absolute atomic E-state index is 10.9. The summed E-state index contributed by atoms with van der Waals surface area (Å²) >= 11 is 0. The molecule has 2 aromatic carbocycles. The van der Waals surface area contributed by atoms with E-state index in [1.165, 1.54) is 23.8 Å². The van der Waals surface area contributed by atoms with E-state index in [0.29, 0.717) is 12.8 Å². The van der Waals surface area contributed by atoms with Gasteiger partial charge in [-0.1, -0.05) is 48.5 Å². The molecule has 0 aliphatic carbocycles. The van der Waals surface area contributed by atoms with E-state index in [1.54, 1.807) is 0 Å². The quantitative estimate of drug-likeness (QED) is 0.802. The number of carbonyl (C=O) groups excluding carboxylic acids is 1. The lowest BCUT2D eigenvalue weighted by Gasteiger charge is -2.04. The molecule has 0 aliphatic heterocycles. The number of carboxylic acids is 1. The standard InChI is InChI=1S/C12H16O2.C9H10O2/c1-9-4-5-11(8-10(9)2)6-7-12(13)14-3;10-9(11)7-6-8-4-2-1-3-5-8/h4-5,8H,6-7H2,1-3H3;1-5H,6-7H2,(H,10,11). The summed E-state index contributed by atoms with van der Waals surface area (Å²) in [5.74, 6) is -0.892. The van der Waals surface area contributed by atoms with Crippen LogP contribution >= 0.6 is 0 Å². The number of ether oxygens (including phenoxy) is 1. The van der Waals surface area contributed by atoms with Gasteiger partial charge in [-0.25, -0.2) is 0 Å². The highest BCUT2D eigenvalue weighted by molar-refractivity contribution is 5.69. The van der Waals surface area contributed by atoms with Crippen LogP contribution in [-0.2, 0) is 27.2 Å². The lowest BCUT2D eigenvalue weighted by atomic mass is 10.0. The van der Waals surface area contributed by atoms with E-state index in [9.17, 15) is 9.59 Å². The molecule has 2 rings (SSSR count). The van der Waals surface area contributed by atoms with Gasteiger partial charge < -0.3 is 9.84 Å². The number of carboxylic acid groups (broad SMARTS) is 1. The average molecular weight is 342 g/mol. The van der Waals surface area contributed by atoms with E-state index in [2.05, 4.69) is 36.8 Å². The van der Waals surface area contributed by atoms with Crippen molar-refractivity contribution in [2.75, 3.05) is 7.11 Å². The highest BCUT2D eigenvalue weighted by atomic mass is 16.5. The van der Waals surface area contributed by atoms with Crippen molar-refractivity contribution >= 4 is 11.9 Å². The Hall–Kier alpha value is -2.62. The van der Waals surface area contributed by atoms with Gasteiger partial charge in [-0.15, -0.1) is 0 Å². The minimum absolute atomic E-state index is 0.150. The number of rotatable bonds is 6. The van der Waals surface area contributed by atoms with Crippen LogP contribution in [0.5, 0.6) is 0 Å². The zero-order chi connectivity index (χ0) is 18.7. The molecule has 134 valence electrons. The fourth-order valence-electron chi connectivity index (χ4n) is 2.20. The SMILES string of the molecule is COC(=O)CCc1ccc(C)c(C)c1.O=C(O)CCc1ccccc1. The van der Waals surface area contributed by atoms with E-state index in [1.807, 2.05) is 30.3 Å². The van der Waals surface area contributed by atoms with E-state index in [-0.39, 0.29) is 12.4 Å². The Morgan fingerprint density at radius 1 is 0.880 bits per heavy atom. The molecule has 25 heavy (non-hydrogen) atoms. The molecule has 0 amide bonds. The molecule has 0 radical (unpaired) electrons. The third-order valence-corrected chi connectivity index (χ3v) is 3.89. The topological polar surface area (TPSA) is 63.6 Å². The van der Waals surface area contributed by atoms with Gasteiger partial charge in [-0.3, -0.25) is 9.59 Å². The number of aryl methyl sites for hydroxylation is 4. The molecular weight excluding hydrogens is 316 g/mol. The summed E-state index contributed by atoms with van der Waals surface area (Å²) in [4.78, 5) is 21.1. The van der Waals surface area contributed by atoms with E-state index in [4.69, 9.17) is 5.11 Å². The zero-order valence-corrected chi connectivity index (χ0v) is 15.1. The second kappa shape index (κ2) is 11.0. The molecule has 0 spiro atoms. The Morgan fingerprint density at radius 2 is 1.52 bits per heavy atom. The van der Waals surface area contributed by atoms with Crippen molar-refractivity contribution in [2.24, 2.45) is 0 Å². The molecular formula is C21H26O4. The van der Waals surface area contributed by atoms with Crippen molar-refractivity contribution < 1.29 is 19.4 Å².